The fourth-order valence-corrected chi connectivity index (χ4v) is 0.535. The summed E-state index contributed by atoms with van der Waals surface area (Å²) in [5, 5.41) is 8.25. The second-order valence-electron chi connectivity index (χ2n) is 2.57. The van der Waals surface area contributed by atoms with E-state index in [-0.39, 0.29) is 6.42 Å². The topological polar surface area (TPSA) is 50.1 Å². The quantitative estimate of drug-likeness (QED) is 0.539. The van der Waals surface area contributed by atoms with E-state index in [0.717, 1.165) is 0 Å². The predicted molar refractivity (Wildman–Crippen MR) is 35.8 cm³/mol. The summed E-state index contributed by atoms with van der Waals surface area (Å²) in [6.07, 6.45) is 0.189. The molecule has 3 heteroatoms. The molecule has 0 atom stereocenters. The average Bonchev–Trinajstić information content (AvgIpc) is 1.59. The minimum atomic E-state index is -0.701. The van der Waals surface area contributed by atoms with Gasteiger partial charge >= 0.3 is 5.97 Å². The molecule has 0 rings (SSSR count). The molecule has 3 nitrogen and oxygen atoms in total. The van der Waals surface area contributed by atoms with Gasteiger partial charge in [0.15, 0.2) is 0 Å². The first-order chi connectivity index (χ1) is 4.48. The second kappa shape index (κ2) is 3.21. The summed E-state index contributed by atoms with van der Waals surface area (Å²) in [6.45, 7) is 6.37. The van der Waals surface area contributed by atoms with Crippen molar-refractivity contribution in [2.45, 2.75) is 25.9 Å². The number of rotatable bonds is 2. The van der Waals surface area contributed by atoms with Crippen molar-refractivity contribution in [1.82, 2.24) is 0 Å². The summed E-state index contributed by atoms with van der Waals surface area (Å²) in [5.41, 5.74) is -0.701. The van der Waals surface area contributed by atoms with Crippen molar-refractivity contribution in [3.05, 3.63) is 6.92 Å². The lowest BCUT2D eigenvalue weighted by Gasteiger charge is -2.20. The summed E-state index contributed by atoms with van der Waals surface area (Å²) in [4.78, 5) is 10.3. The van der Waals surface area contributed by atoms with E-state index in [4.69, 9.17) is 10.00 Å². The zero-order chi connectivity index (χ0) is 8.20. The third kappa shape index (κ3) is 3.90. The summed E-state index contributed by atoms with van der Waals surface area (Å²) >= 11 is 0. The molecule has 0 unspecified atom stereocenters. The molecule has 0 spiro atoms. The summed E-state index contributed by atoms with van der Waals surface area (Å²) in [6, 6.07) is 1.91. The van der Waals surface area contributed by atoms with Crippen LogP contribution in [-0.2, 0) is 9.53 Å². The van der Waals surface area contributed by atoms with Gasteiger partial charge in [0.25, 0.3) is 0 Å². The Morgan fingerprint density at radius 2 is 2.30 bits per heavy atom. The van der Waals surface area contributed by atoms with Gasteiger partial charge in [0.05, 0.1) is 19.4 Å². The molecule has 0 aromatic carbocycles. The van der Waals surface area contributed by atoms with Crippen molar-refractivity contribution in [1.29, 1.82) is 5.26 Å². The van der Waals surface area contributed by atoms with Gasteiger partial charge in [0.1, 0.15) is 5.60 Å². The molecule has 10 heavy (non-hydrogen) atoms. The highest BCUT2D eigenvalue weighted by molar-refractivity contribution is 5.74. The van der Waals surface area contributed by atoms with Crippen LogP contribution in [0.1, 0.15) is 20.3 Å². The monoisotopic (exact) mass is 140 g/mol. The summed E-state index contributed by atoms with van der Waals surface area (Å²) in [5.74, 6) is -0.597. The highest BCUT2D eigenvalue weighted by Gasteiger charge is 2.20. The Morgan fingerprint density at radius 1 is 1.80 bits per heavy atom. The maximum atomic E-state index is 10.3. The lowest BCUT2D eigenvalue weighted by molar-refractivity contribution is -0.150. The van der Waals surface area contributed by atoms with Crippen LogP contribution < -0.4 is 0 Å². The van der Waals surface area contributed by atoms with Gasteiger partial charge in [0.2, 0.25) is 0 Å². The van der Waals surface area contributed by atoms with Crippen LogP contribution in [-0.4, -0.2) is 11.6 Å². The molecule has 0 aromatic rings. The minimum Gasteiger partial charge on any atom is -0.459 e. The standard InChI is InChI=1S/C7H10NO2/c1-6(9)10-7(2,3)4-5-8/h1,4H2,2-3H3. The lowest BCUT2D eigenvalue weighted by atomic mass is 10.1. The van der Waals surface area contributed by atoms with E-state index in [9.17, 15) is 4.79 Å². The second-order valence-corrected chi connectivity index (χ2v) is 2.57. The summed E-state index contributed by atoms with van der Waals surface area (Å²) < 4.78 is 4.71. The van der Waals surface area contributed by atoms with E-state index in [2.05, 4.69) is 6.92 Å². The number of nitriles is 1. The fourth-order valence-electron chi connectivity index (χ4n) is 0.535. The van der Waals surface area contributed by atoms with E-state index < -0.39 is 11.6 Å². The van der Waals surface area contributed by atoms with E-state index >= 15 is 0 Å². The van der Waals surface area contributed by atoms with Gasteiger partial charge in [-0.2, -0.15) is 5.26 Å². The molecule has 0 aliphatic heterocycles. The van der Waals surface area contributed by atoms with Crippen molar-refractivity contribution in [2.24, 2.45) is 0 Å². The van der Waals surface area contributed by atoms with Gasteiger partial charge in [-0.15, -0.1) is 0 Å². The predicted octanol–water partition coefficient (Wildman–Crippen LogP) is 1.06. The third-order valence-electron chi connectivity index (χ3n) is 0.895. The first-order valence-electron chi connectivity index (χ1n) is 2.90. The zero-order valence-corrected chi connectivity index (χ0v) is 6.18. The number of hydrogen-bond acceptors (Lipinski definition) is 3. The number of esters is 1. The normalized spacial score (nSPS) is 10.2. The van der Waals surface area contributed by atoms with Gasteiger partial charge in [-0.05, 0) is 13.8 Å². The Hall–Kier alpha value is -1.04. The van der Waals surface area contributed by atoms with E-state index in [1.807, 2.05) is 6.07 Å². The Bertz CT molecular complexity index is 167. The Balaban J connectivity index is 3.89. The first-order valence-corrected chi connectivity index (χ1v) is 2.90. The molecule has 0 aliphatic rings. The van der Waals surface area contributed by atoms with Crippen molar-refractivity contribution >= 4 is 5.97 Å². The molecule has 0 aromatic heterocycles. The zero-order valence-electron chi connectivity index (χ0n) is 6.18. The Morgan fingerprint density at radius 3 is 2.60 bits per heavy atom. The van der Waals surface area contributed by atoms with Crippen LogP contribution in [0.2, 0.25) is 0 Å². The largest absolute Gasteiger partial charge is 0.459 e. The van der Waals surface area contributed by atoms with Crippen LogP contribution in [0.3, 0.4) is 0 Å². The van der Waals surface area contributed by atoms with E-state index in [0.29, 0.717) is 0 Å². The molecule has 0 saturated heterocycles. The van der Waals surface area contributed by atoms with Gasteiger partial charge < -0.3 is 4.74 Å². The summed E-state index contributed by atoms with van der Waals surface area (Å²) in [7, 11) is 0. The SMILES string of the molecule is [CH2]C(=O)OC(C)(C)CC#N. The Labute approximate surface area is 60.6 Å². The maximum absolute atomic E-state index is 10.3. The number of hydrogen-bond donors (Lipinski definition) is 0. The van der Waals surface area contributed by atoms with Crippen LogP contribution in [0.4, 0.5) is 0 Å². The molecule has 0 heterocycles. The van der Waals surface area contributed by atoms with E-state index in [1.165, 1.54) is 0 Å². The molecule has 0 bridgehead atoms. The highest BCUT2D eigenvalue weighted by Crippen LogP contribution is 2.12. The molecule has 0 amide bonds. The van der Waals surface area contributed by atoms with Gasteiger partial charge in [-0.25, -0.2) is 0 Å². The van der Waals surface area contributed by atoms with Gasteiger partial charge in [0, 0.05) is 0 Å². The lowest BCUT2D eigenvalue weighted by Crippen LogP contribution is -2.26. The van der Waals surface area contributed by atoms with Crippen LogP contribution in [0.25, 0.3) is 0 Å². The van der Waals surface area contributed by atoms with Crippen molar-refractivity contribution in [3.63, 3.8) is 0 Å². The number of ether oxygens (including phenoxy) is 1. The Kier molecular flexibility index (Phi) is 2.88. The van der Waals surface area contributed by atoms with Crippen LogP contribution >= 0.6 is 0 Å². The maximum Gasteiger partial charge on any atom is 0.306 e. The molecule has 0 fully saturated rings. The fraction of sp³-hybridized carbons (Fsp3) is 0.571. The smallest absolute Gasteiger partial charge is 0.306 e. The highest BCUT2D eigenvalue weighted by atomic mass is 16.6. The van der Waals surface area contributed by atoms with Gasteiger partial charge in [-0.3, -0.25) is 4.79 Å². The molecule has 0 aliphatic carbocycles. The van der Waals surface area contributed by atoms with Crippen molar-refractivity contribution in [3.8, 4) is 6.07 Å². The first kappa shape index (κ1) is 8.96. The molecule has 0 N–H and O–H groups in total. The van der Waals surface area contributed by atoms with Crippen LogP contribution in [0.15, 0.2) is 0 Å². The molecule has 1 radical (unpaired) electrons. The average molecular weight is 140 g/mol. The van der Waals surface area contributed by atoms with Crippen molar-refractivity contribution < 1.29 is 9.53 Å². The van der Waals surface area contributed by atoms with Crippen LogP contribution in [0.5, 0.6) is 0 Å². The van der Waals surface area contributed by atoms with Gasteiger partial charge in [-0.1, -0.05) is 0 Å². The molecular weight excluding hydrogens is 130 g/mol. The third-order valence-corrected chi connectivity index (χ3v) is 0.895. The molecule has 55 valence electrons. The molecule has 0 saturated carbocycles. The molecular formula is C7H10NO2. The number of nitrogens with zero attached hydrogens (tertiary/aromatic N) is 1. The van der Waals surface area contributed by atoms with Crippen molar-refractivity contribution in [2.75, 3.05) is 0 Å². The van der Waals surface area contributed by atoms with Crippen LogP contribution in [0, 0.1) is 18.3 Å². The minimum absolute atomic E-state index is 0.189. The van der Waals surface area contributed by atoms with E-state index in [1.54, 1.807) is 13.8 Å². The number of carbonyl (C=O) groups is 1. The number of carbonyl (C=O) groups excluding carboxylic acids is 1.